The second kappa shape index (κ2) is 6.26. The Labute approximate surface area is 119 Å². The van der Waals surface area contributed by atoms with E-state index in [1.54, 1.807) is 0 Å². The number of nitrogens with one attached hydrogen (secondary N) is 2. The van der Waals surface area contributed by atoms with Gasteiger partial charge in [-0.15, -0.1) is 0 Å². The summed E-state index contributed by atoms with van der Waals surface area (Å²) in [5, 5.41) is 19.0. The van der Waals surface area contributed by atoms with Gasteiger partial charge >= 0.3 is 0 Å². The van der Waals surface area contributed by atoms with Gasteiger partial charge < -0.3 is 16.2 Å². The molecule has 1 aliphatic carbocycles. The van der Waals surface area contributed by atoms with E-state index in [4.69, 9.17) is 5.73 Å². The molecule has 5 N–H and O–H groups in total. The van der Waals surface area contributed by atoms with E-state index in [1.165, 1.54) is 0 Å². The molecule has 0 aromatic carbocycles. The Bertz CT molecular complexity index is 470. The number of amides is 1. The van der Waals surface area contributed by atoms with Crippen LogP contribution in [0.3, 0.4) is 0 Å². The molecular formula is C14H24N4O2. The highest BCUT2D eigenvalue weighted by molar-refractivity contribution is 5.97. The van der Waals surface area contributed by atoms with Gasteiger partial charge in [0.05, 0.1) is 11.4 Å². The molecule has 1 aromatic heterocycles. The van der Waals surface area contributed by atoms with E-state index < -0.39 is 0 Å². The van der Waals surface area contributed by atoms with Crippen molar-refractivity contribution in [3.63, 3.8) is 0 Å². The molecule has 1 saturated carbocycles. The predicted molar refractivity (Wildman–Crippen MR) is 77.3 cm³/mol. The van der Waals surface area contributed by atoms with Crippen LogP contribution in [0.5, 0.6) is 0 Å². The van der Waals surface area contributed by atoms with Crippen LogP contribution in [-0.2, 0) is 0 Å². The lowest BCUT2D eigenvalue weighted by atomic mass is 9.97. The SMILES string of the molecule is CC(C)c1[nH]nc(C(=O)NCC2CCCC2CO)c1N. The van der Waals surface area contributed by atoms with Crippen molar-refractivity contribution < 1.29 is 9.90 Å². The van der Waals surface area contributed by atoms with Gasteiger partial charge in [-0.25, -0.2) is 0 Å². The molecule has 1 amide bonds. The van der Waals surface area contributed by atoms with Crippen molar-refractivity contribution in [2.75, 3.05) is 18.9 Å². The number of aromatic amines is 1. The molecule has 112 valence electrons. The molecule has 0 aliphatic heterocycles. The van der Waals surface area contributed by atoms with Crippen LogP contribution < -0.4 is 11.1 Å². The van der Waals surface area contributed by atoms with Crippen molar-refractivity contribution >= 4 is 11.6 Å². The summed E-state index contributed by atoms with van der Waals surface area (Å²) in [5.74, 6) is 0.624. The summed E-state index contributed by atoms with van der Waals surface area (Å²) in [6, 6.07) is 0. The standard InChI is InChI=1S/C14H24N4O2/c1-8(2)12-11(15)13(18-17-12)14(20)16-6-9-4-3-5-10(9)7-19/h8-10,19H,3-7,15H2,1-2H3,(H,16,20)(H,17,18). The summed E-state index contributed by atoms with van der Waals surface area (Å²) in [6.45, 7) is 4.77. The maximum Gasteiger partial charge on any atom is 0.273 e. The van der Waals surface area contributed by atoms with E-state index in [2.05, 4.69) is 15.5 Å². The van der Waals surface area contributed by atoms with Gasteiger partial charge in [0.15, 0.2) is 5.69 Å². The minimum absolute atomic E-state index is 0.197. The maximum atomic E-state index is 12.1. The molecule has 20 heavy (non-hydrogen) atoms. The van der Waals surface area contributed by atoms with Gasteiger partial charge in [0.2, 0.25) is 0 Å². The molecule has 0 bridgehead atoms. The van der Waals surface area contributed by atoms with Gasteiger partial charge in [-0.2, -0.15) is 5.10 Å². The number of rotatable bonds is 5. The van der Waals surface area contributed by atoms with Crippen molar-refractivity contribution in [1.29, 1.82) is 0 Å². The topological polar surface area (TPSA) is 104 Å². The number of nitrogens with two attached hydrogens (primary N) is 1. The Morgan fingerprint density at radius 2 is 2.20 bits per heavy atom. The first-order valence-electron chi connectivity index (χ1n) is 7.27. The zero-order valence-electron chi connectivity index (χ0n) is 12.1. The van der Waals surface area contributed by atoms with E-state index in [-0.39, 0.29) is 24.1 Å². The average Bonchev–Trinajstić information content (AvgIpc) is 3.01. The van der Waals surface area contributed by atoms with Crippen LogP contribution in [0, 0.1) is 11.8 Å². The van der Waals surface area contributed by atoms with Crippen LogP contribution in [0.2, 0.25) is 0 Å². The molecule has 0 saturated heterocycles. The summed E-state index contributed by atoms with van der Waals surface area (Å²) in [5.41, 5.74) is 7.45. The van der Waals surface area contributed by atoms with Crippen LogP contribution in [-0.4, -0.2) is 34.4 Å². The normalized spacial score (nSPS) is 22.4. The summed E-state index contributed by atoms with van der Waals surface area (Å²) < 4.78 is 0. The molecule has 2 unspecified atom stereocenters. The lowest BCUT2D eigenvalue weighted by Gasteiger charge is -2.17. The largest absolute Gasteiger partial charge is 0.396 e. The van der Waals surface area contributed by atoms with Crippen molar-refractivity contribution in [2.24, 2.45) is 11.8 Å². The number of hydrogen-bond donors (Lipinski definition) is 4. The Kier molecular flexibility index (Phi) is 4.65. The minimum atomic E-state index is -0.241. The molecule has 1 heterocycles. The van der Waals surface area contributed by atoms with Crippen molar-refractivity contribution in [3.05, 3.63) is 11.4 Å². The monoisotopic (exact) mass is 280 g/mol. The molecule has 1 aromatic rings. The zero-order chi connectivity index (χ0) is 14.7. The lowest BCUT2D eigenvalue weighted by Crippen LogP contribution is -2.32. The molecule has 0 radical (unpaired) electrons. The quantitative estimate of drug-likeness (QED) is 0.651. The molecule has 6 nitrogen and oxygen atoms in total. The molecule has 2 atom stereocenters. The van der Waals surface area contributed by atoms with Gasteiger partial charge in [0, 0.05) is 13.2 Å². The summed E-state index contributed by atoms with van der Waals surface area (Å²) in [7, 11) is 0. The van der Waals surface area contributed by atoms with E-state index >= 15 is 0 Å². The number of carbonyl (C=O) groups is 1. The summed E-state index contributed by atoms with van der Waals surface area (Å²) in [4.78, 5) is 12.1. The number of aliphatic hydroxyl groups excluding tert-OH is 1. The van der Waals surface area contributed by atoms with Crippen LogP contribution in [0.1, 0.15) is 55.2 Å². The first-order valence-corrected chi connectivity index (χ1v) is 7.27. The molecule has 6 heteroatoms. The molecule has 1 aliphatic rings. The fraction of sp³-hybridized carbons (Fsp3) is 0.714. The highest BCUT2D eigenvalue weighted by Crippen LogP contribution is 2.30. The van der Waals surface area contributed by atoms with Gasteiger partial charge in [-0.05, 0) is 30.6 Å². The van der Waals surface area contributed by atoms with Crippen molar-refractivity contribution in [1.82, 2.24) is 15.5 Å². The molecule has 1 fully saturated rings. The lowest BCUT2D eigenvalue weighted by molar-refractivity contribution is 0.0933. The predicted octanol–water partition coefficient (Wildman–Crippen LogP) is 1.25. The van der Waals surface area contributed by atoms with Crippen LogP contribution in [0.4, 0.5) is 5.69 Å². The second-order valence-electron chi connectivity index (χ2n) is 5.90. The van der Waals surface area contributed by atoms with Crippen LogP contribution >= 0.6 is 0 Å². The van der Waals surface area contributed by atoms with Gasteiger partial charge in [0.25, 0.3) is 5.91 Å². The number of hydrogen-bond acceptors (Lipinski definition) is 4. The second-order valence-corrected chi connectivity index (χ2v) is 5.90. The smallest absolute Gasteiger partial charge is 0.273 e. The summed E-state index contributed by atoms with van der Waals surface area (Å²) in [6.07, 6.45) is 3.21. The molecular weight excluding hydrogens is 256 g/mol. The minimum Gasteiger partial charge on any atom is -0.396 e. The van der Waals surface area contributed by atoms with Crippen LogP contribution in [0.15, 0.2) is 0 Å². The number of aromatic nitrogens is 2. The Morgan fingerprint density at radius 1 is 1.50 bits per heavy atom. The number of nitrogen functional groups attached to an aromatic ring is 1. The average molecular weight is 280 g/mol. The number of aliphatic hydroxyl groups is 1. The first-order chi connectivity index (χ1) is 9.54. The van der Waals surface area contributed by atoms with E-state index in [9.17, 15) is 9.90 Å². The van der Waals surface area contributed by atoms with Crippen LogP contribution in [0.25, 0.3) is 0 Å². The fourth-order valence-corrected chi connectivity index (χ4v) is 2.91. The highest BCUT2D eigenvalue weighted by Gasteiger charge is 2.27. The van der Waals surface area contributed by atoms with Crippen molar-refractivity contribution in [3.8, 4) is 0 Å². The number of anilines is 1. The van der Waals surface area contributed by atoms with Gasteiger partial charge in [-0.1, -0.05) is 20.3 Å². The highest BCUT2D eigenvalue weighted by atomic mass is 16.3. The third-order valence-electron chi connectivity index (χ3n) is 4.20. The maximum absolute atomic E-state index is 12.1. The third-order valence-corrected chi connectivity index (χ3v) is 4.20. The fourth-order valence-electron chi connectivity index (χ4n) is 2.91. The first kappa shape index (κ1) is 14.8. The Hall–Kier alpha value is -1.56. The summed E-state index contributed by atoms with van der Waals surface area (Å²) >= 11 is 0. The Morgan fingerprint density at radius 3 is 2.80 bits per heavy atom. The van der Waals surface area contributed by atoms with E-state index in [1.807, 2.05) is 13.8 Å². The molecule has 0 spiro atoms. The van der Waals surface area contributed by atoms with E-state index in [0.717, 1.165) is 25.0 Å². The zero-order valence-corrected chi connectivity index (χ0v) is 12.1. The number of carbonyl (C=O) groups excluding carboxylic acids is 1. The van der Waals surface area contributed by atoms with Gasteiger partial charge in [-0.3, -0.25) is 9.89 Å². The third kappa shape index (κ3) is 2.95. The number of nitrogens with zero attached hydrogens (tertiary/aromatic N) is 1. The van der Waals surface area contributed by atoms with Gasteiger partial charge in [0.1, 0.15) is 0 Å². The Balaban J connectivity index is 1.95. The number of H-pyrrole nitrogens is 1. The van der Waals surface area contributed by atoms with Crippen molar-refractivity contribution in [2.45, 2.75) is 39.0 Å². The molecule has 2 rings (SSSR count). The van der Waals surface area contributed by atoms with E-state index in [0.29, 0.717) is 24.1 Å².